The molecular formula is C43H42Cl2FN7O3. The van der Waals surface area contributed by atoms with Crippen molar-refractivity contribution in [3.8, 4) is 22.9 Å². The highest BCUT2D eigenvalue weighted by molar-refractivity contribution is 6.43. The lowest BCUT2D eigenvalue weighted by Gasteiger charge is -2.39. The third-order valence-electron chi connectivity index (χ3n) is 12.8. The maximum absolute atomic E-state index is 17.3. The molecule has 13 heteroatoms. The summed E-state index contributed by atoms with van der Waals surface area (Å²) in [5.41, 5.74) is 4.36. The molecule has 2 saturated carbocycles. The van der Waals surface area contributed by atoms with Crippen LogP contribution in [0.3, 0.4) is 0 Å². The number of likely N-dealkylation sites (tertiary alicyclic amines) is 1. The van der Waals surface area contributed by atoms with Gasteiger partial charge in [-0.15, -0.1) is 0 Å². The number of ether oxygens (including phenoxy) is 2. The number of halogens is 3. The highest BCUT2D eigenvalue weighted by Gasteiger charge is 2.51. The Labute approximate surface area is 334 Å². The van der Waals surface area contributed by atoms with Gasteiger partial charge in [-0.25, -0.2) is 14.4 Å². The molecule has 1 amide bonds. The summed E-state index contributed by atoms with van der Waals surface area (Å²) < 4.78 is 31.9. The number of rotatable bonds is 10. The van der Waals surface area contributed by atoms with Crippen LogP contribution in [-0.4, -0.2) is 76.9 Å². The van der Waals surface area contributed by atoms with E-state index in [0.29, 0.717) is 58.1 Å². The van der Waals surface area contributed by atoms with Gasteiger partial charge in [0, 0.05) is 97.1 Å². The zero-order chi connectivity index (χ0) is 38.4. The van der Waals surface area contributed by atoms with E-state index in [-0.39, 0.29) is 59.1 Å². The first kappa shape index (κ1) is 35.9. The van der Waals surface area contributed by atoms with Crippen molar-refractivity contribution in [2.24, 2.45) is 11.8 Å². The Morgan fingerprint density at radius 3 is 2.66 bits per heavy atom. The van der Waals surface area contributed by atoms with Crippen LogP contribution in [0.25, 0.3) is 32.9 Å². The van der Waals surface area contributed by atoms with Crippen LogP contribution in [0.2, 0.25) is 10.0 Å². The van der Waals surface area contributed by atoms with Gasteiger partial charge in [0.25, 0.3) is 0 Å². The Kier molecular flexibility index (Phi) is 8.90. The van der Waals surface area contributed by atoms with Crippen LogP contribution < -0.4 is 15.0 Å². The first-order valence-electron chi connectivity index (χ1n) is 19.6. The van der Waals surface area contributed by atoms with Gasteiger partial charge in [-0.05, 0) is 68.4 Å². The number of anilines is 1. The van der Waals surface area contributed by atoms with Gasteiger partial charge in [-0.2, -0.15) is 5.26 Å². The minimum atomic E-state index is -0.485. The second-order valence-electron chi connectivity index (χ2n) is 16.1. The number of hydrogen-bond donors (Lipinski definition) is 1. The van der Waals surface area contributed by atoms with Gasteiger partial charge in [0.2, 0.25) is 5.91 Å². The van der Waals surface area contributed by atoms with Crippen LogP contribution in [0.5, 0.6) is 5.75 Å². The molecule has 0 radical (unpaired) electrons. The van der Waals surface area contributed by atoms with Crippen molar-refractivity contribution in [3.63, 3.8) is 0 Å². The Bertz CT molecular complexity index is 2440. The van der Waals surface area contributed by atoms with Crippen molar-refractivity contribution in [2.75, 3.05) is 38.2 Å². The van der Waals surface area contributed by atoms with Gasteiger partial charge in [0.05, 0.1) is 46.4 Å². The zero-order valence-corrected chi connectivity index (χ0v) is 32.8. The normalized spacial score (nSPS) is 24.5. The molecule has 0 spiro atoms. The second-order valence-corrected chi connectivity index (χ2v) is 16.9. The minimum absolute atomic E-state index is 0.0288. The van der Waals surface area contributed by atoms with Crippen LogP contribution in [0.1, 0.15) is 61.1 Å². The molecule has 2 aromatic carbocycles. The van der Waals surface area contributed by atoms with Crippen molar-refractivity contribution >= 4 is 56.7 Å². The summed E-state index contributed by atoms with van der Waals surface area (Å²) in [5, 5.41) is 15.6. The summed E-state index contributed by atoms with van der Waals surface area (Å²) in [6, 6.07) is 15.7. The Hall–Kier alpha value is -4.47. The van der Waals surface area contributed by atoms with Gasteiger partial charge >= 0.3 is 0 Å². The van der Waals surface area contributed by atoms with Crippen molar-refractivity contribution in [1.29, 1.82) is 5.26 Å². The van der Waals surface area contributed by atoms with E-state index in [9.17, 15) is 10.1 Å². The van der Waals surface area contributed by atoms with Gasteiger partial charge in [0.15, 0.2) is 5.82 Å². The summed E-state index contributed by atoms with van der Waals surface area (Å²) in [5.74, 6) is 1.69. The number of amides is 1. The number of methoxy groups -OCH3 is 1. The molecule has 10 nitrogen and oxygen atoms in total. The van der Waals surface area contributed by atoms with E-state index in [1.807, 2.05) is 30.0 Å². The smallest absolute Gasteiger partial charge is 0.226 e. The molecule has 1 N–H and O–H groups in total. The fraction of sp³-hybridized carbons (Fsp3) is 0.442. The summed E-state index contributed by atoms with van der Waals surface area (Å²) >= 11 is 13.2. The number of nitrogens with one attached hydrogen (secondary N) is 1. The van der Waals surface area contributed by atoms with Gasteiger partial charge < -0.3 is 29.2 Å². The number of nitriles is 1. The van der Waals surface area contributed by atoms with Gasteiger partial charge in [-0.1, -0.05) is 35.3 Å². The largest absolute Gasteiger partial charge is 0.488 e. The second kappa shape index (κ2) is 13.9. The number of benzene rings is 2. The summed E-state index contributed by atoms with van der Waals surface area (Å²) in [7, 11) is 1.73. The van der Waals surface area contributed by atoms with Crippen molar-refractivity contribution in [3.05, 3.63) is 81.5 Å². The lowest BCUT2D eigenvalue weighted by molar-refractivity contribution is -0.133. The van der Waals surface area contributed by atoms with Gasteiger partial charge in [-0.3, -0.25) is 4.79 Å². The number of nitrogens with zero attached hydrogens (tertiary/aromatic N) is 6. The fourth-order valence-corrected chi connectivity index (χ4v) is 10.1. The molecule has 6 fully saturated rings. The molecular weight excluding hydrogens is 752 g/mol. The molecule has 288 valence electrons. The lowest BCUT2D eigenvalue weighted by atomic mass is 9.79. The Morgan fingerprint density at radius 1 is 1.09 bits per heavy atom. The third-order valence-corrected chi connectivity index (χ3v) is 13.6. The highest BCUT2D eigenvalue weighted by atomic mass is 35.5. The number of carbonyl (C=O) groups is 1. The quantitative estimate of drug-likeness (QED) is 0.152. The van der Waals surface area contributed by atoms with Crippen molar-refractivity contribution in [2.45, 2.75) is 75.8 Å². The number of pyridine rings is 2. The molecule has 5 aromatic rings. The predicted molar refractivity (Wildman–Crippen MR) is 214 cm³/mol. The summed E-state index contributed by atoms with van der Waals surface area (Å²) in [4.78, 5) is 27.9. The number of aromatic nitrogens is 3. The monoisotopic (exact) mass is 793 g/mol. The summed E-state index contributed by atoms with van der Waals surface area (Å²) in [6.07, 6.45) is 5.75. The van der Waals surface area contributed by atoms with E-state index in [1.165, 1.54) is 0 Å². The maximum atomic E-state index is 17.3. The molecule has 2 bridgehead atoms. The molecule has 56 heavy (non-hydrogen) atoms. The molecule has 3 aromatic heterocycles. The number of aryl methyl sites for hydroxylation is 2. The van der Waals surface area contributed by atoms with Crippen LogP contribution in [0.4, 0.5) is 10.2 Å². The molecule has 11 rings (SSSR count). The standard InChI is InChI=1S/C43H42Cl2FN7O3/c1-22-30-17-35(34-15-27(21-52(34)43(54)23-8-9-23)56-26-10-12-48-36(16-26)51-19-28(20-51)55-2)53(41-25-14-33(41)49-18-25)42(30)31-13-24(5-4-11-47)37(39(46)40(31)50-22)29-6-3-7-32(44)38(29)45/h3,6-7,10,12-13,16-17,23,25,27-28,33-34,41,49H,4-5,8-9,14-15,18-21H2,1-2H3. The van der Waals surface area contributed by atoms with Crippen molar-refractivity contribution in [1.82, 2.24) is 24.8 Å². The van der Waals surface area contributed by atoms with Crippen LogP contribution in [0, 0.1) is 35.9 Å². The minimum Gasteiger partial charge on any atom is -0.488 e. The van der Waals surface area contributed by atoms with E-state index in [4.69, 9.17) is 37.7 Å². The van der Waals surface area contributed by atoms with E-state index >= 15 is 4.39 Å². The average Bonchev–Trinajstić information content (AvgIpc) is 3.45. The lowest BCUT2D eigenvalue weighted by Crippen LogP contribution is -2.52. The molecule has 6 aliphatic rings. The summed E-state index contributed by atoms with van der Waals surface area (Å²) in [6.45, 7) is 4.88. The number of hydrogen-bond acceptors (Lipinski definition) is 8. The highest BCUT2D eigenvalue weighted by Crippen LogP contribution is 2.51. The first-order valence-corrected chi connectivity index (χ1v) is 20.4. The van der Waals surface area contributed by atoms with Crippen LogP contribution in [-0.2, 0) is 16.0 Å². The fourth-order valence-electron chi connectivity index (χ4n) is 9.68. The number of carbonyl (C=O) groups excluding carboxylic acids is 1. The third kappa shape index (κ3) is 5.82. The Balaban J connectivity index is 1.11. The molecule has 4 saturated heterocycles. The maximum Gasteiger partial charge on any atom is 0.226 e. The molecule has 4 aliphatic heterocycles. The molecule has 5 atom stereocenters. The van der Waals surface area contributed by atoms with E-state index in [2.05, 4.69) is 31.9 Å². The molecule has 2 aliphatic carbocycles. The van der Waals surface area contributed by atoms with E-state index < -0.39 is 5.82 Å². The average molecular weight is 795 g/mol. The van der Waals surface area contributed by atoms with Gasteiger partial charge in [0.1, 0.15) is 23.2 Å². The van der Waals surface area contributed by atoms with Crippen LogP contribution >= 0.6 is 23.2 Å². The van der Waals surface area contributed by atoms with Crippen molar-refractivity contribution < 1.29 is 18.7 Å². The zero-order valence-electron chi connectivity index (χ0n) is 31.3. The topological polar surface area (TPSA) is 109 Å². The molecule has 5 unspecified atom stereocenters. The van der Waals surface area contributed by atoms with E-state index in [0.717, 1.165) is 67.1 Å². The first-order chi connectivity index (χ1) is 27.2. The Morgan fingerprint density at radius 2 is 1.93 bits per heavy atom. The SMILES string of the molecule is COC1CN(c2cc(OC3CC(c4cc5c(C)nc6c(F)c(-c7cccc(Cl)c7Cl)c(CCC#N)cc6c5n4C4C5CNC4C5)N(C(=O)C4CC4)C3)ccn2)C1. The predicted octanol–water partition coefficient (Wildman–Crippen LogP) is 7.96. The van der Waals surface area contributed by atoms with E-state index in [1.54, 1.807) is 31.5 Å². The number of fused-ring (bicyclic) bond motifs is 4. The van der Waals surface area contributed by atoms with Crippen LogP contribution in [0.15, 0.2) is 48.7 Å². The molecule has 7 heterocycles.